The van der Waals surface area contributed by atoms with Crippen LogP contribution < -0.4 is 5.73 Å². The van der Waals surface area contributed by atoms with Crippen molar-refractivity contribution in [2.75, 3.05) is 5.73 Å². The molecule has 0 atom stereocenters. The fourth-order valence-corrected chi connectivity index (χ4v) is 2.18. The second kappa shape index (κ2) is 5.15. The van der Waals surface area contributed by atoms with Crippen molar-refractivity contribution in [2.24, 2.45) is 0 Å². The molecular formula is C14H9Cl2N3O. The summed E-state index contributed by atoms with van der Waals surface area (Å²) in [5, 5.41) is 4.97. The summed E-state index contributed by atoms with van der Waals surface area (Å²) in [7, 11) is 0. The Kier molecular flexibility index (Phi) is 3.34. The summed E-state index contributed by atoms with van der Waals surface area (Å²) >= 11 is 12.1. The van der Waals surface area contributed by atoms with Gasteiger partial charge in [0.25, 0.3) is 5.89 Å². The summed E-state index contributed by atoms with van der Waals surface area (Å²) in [5.41, 5.74) is 7.75. The van der Waals surface area contributed by atoms with Crippen molar-refractivity contribution >= 4 is 28.9 Å². The van der Waals surface area contributed by atoms with E-state index in [0.29, 0.717) is 38.6 Å². The van der Waals surface area contributed by atoms with Crippen LogP contribution in [0.2, 0.25) is 10.0 Å². The van der Waals surface area contributed by atoms with E-state index >= 15 is 0 Å². The van der Waals surface area contributed by atoms with E-state index in [1.165, 1.54) is 0 Å². The lowest BCUT2D eigenvalue weighted by molar-refractivity contribution is 0.432. The molecule has 2 aromatic carbocycles. The normalized spacial score (nSPS) is 10.7. The Morgan fingerprint density at radius 2 is 1.80 bits per heavy atom. The van der Waals surface area contributed by atoms with Gasteiger partial charge in [-0.1, -0.05) is 40.5 Å². The Hall–Kier alpha value is -2.04. The first-order valence-corrected chi connectivity index (χ1v) is 6.55. The molecule has 0 aliphatic heterocycles. The van der Waals surface area contributed by atoms with Gasteiger partial charge in [-0.05, 0) is 30.3 Å². The van der Waals surface area contributed by atoms with Gasteiger partial charge < -0.3 is 10.3 Å². The zero-order valence-electron chi connectivity index (χ0n) is 10.2. The predicted molar refractivity (Wildman–Crippen MR) is 79.6 cm³/mol. The molecule has 3 rings (SSSR count). The van der Waals surface area contributed by atoms with Crippen molar-refractivity contribution in [3.63, 3.8) is 0 Å². The molecule has 0 spiro atoms. The maximum absolute atomic E-state index is 6.11. The number of hydrogen-bond acceptors (Lipinski definition) is 4. The van der Waals surface area contributed by atoms with Gasteiger partial charge in [0.15, 0.2) is 0 Å². The smallest absolute Gasteiger partial charge is 0.260 e. The van der Waals surface area contributed by atoms with E-state index in [1.54, 1.807) is 24.3 Å². The topological polar surface area (TPSA) is 64.9 Å². The third-order valence-corrected chi connectivity index (χ3v) is 3.35. The molecule has 1 aromatic heterocycles. The van der Waals surface area contributed by atoms with Gasteiger partial charge in [-0.3, -0.25) is 0 Å². The molecule has 0 radical (unpaired) electrons. The van der Waals surface area contributed by atoms with E-state index in [2.05, 4.69) is 10.1 Å². The summed E-state index contributed by atoms with van der Waals surface area (Å²) in [4.78, 5) is 4.31. The first kappa shape index (κ1) is 13.0. The Morgan fingerprint density at radius 1 is 1.00 bits per heavy atom. The van der Waals surface area contributed by atoms with Crippen molar-refractivity contribution in [2.45, 2.75) is 0 Å². The maximum atomic E-state index is 6.11. The molecule has 100 valence electrons. The molecule has 0 aliphatic carbocycles. The summed E-state index contributed by atoms with van der Waals surface area (Å²) < 4.78 is 5.24. The predicted octanol–water partition coefficient (Wildman–Crippen LogP) is 4.29. The zero-order chi connectivity index (χ0) is 14.1. The van der Waals surface area contributed by atoms with Crippen LogP contribution in [0.1, 0.15) is 0 Å². The third-order valence-electron chi connectivity index (χ3n) is 2.79. The van der Waals surface area contributed by atoms with Crippen molar-refractivity contribution in [3.8, 4) is 22.8 Å². The highest BCUT2D eigenvalue weighted by Gasteiger charge is 2.15. The summed E-state index contributed by atoms with van der Waals surface area (Å²) in [6, 6.07) is 12.3. The van der Waals surface area contributed by atoms with Crippen LogP contribution in [0.3, 0.4) is 0 Å². The van der Waals surface area contributed by atoms with Crippen molar-refractivity contribution in [3.05, 3.63) is 52.5 Å². The Labute approximate surface area is 125 Å². The molecule has 0 saturated heterocycles. The summed E-state index contributed by atoms with van der Waals surface area (Å²) in [6.45, 7) is 0. The van der Waals surface area contributed by atoms with Crippen LogP contribution in [-0.2, 0) is 0 Å². The van der Waals surface area contributed by atoms with Crippen molar-refractivity contribution in [1.82, 2.24) is 10.1 Å². The summed E-state index contributed by atoms with van der Waals surface area (Å²) in [6.07, 6.45) is 0. The number of hydrogen-bond donors (Lipinski definition) is 1. The SMILES string of the molecule is Nc1ccccc1-c1nc(-c2cc(Cl)ccc2Cl)no1. The van der Waals surface area contributed by atoms with E-state index in [1.807, 2.05) is 18.2 Å². The lowest BCUT2D eigenvalue weighted by atomic mass is 10.2. The van der Waals surface area contributed by atoms with E-state index < -0.39 is 0 Å². The van der Waals surface area contributed by atoms with Gasteiger partial charge in [0, 0.05) is 16.3 Å². The second-order valence-electron chi connectivity index (χ2n) is 4.13. The van der Waals surface area contributed by atoms with Crippen LogP contribution >= 0.6 is 23.2 Å². The molecule has 6 heteroatoms. The van der Waals surface area contributed by atoms with Crippen LogP contribution in [0.5, 0.6) is 0 Å². The number of rotatable bonds is 2. The number of para-hydroxylation sites is 1. The Morgan fingerprint density at radius 3 is 2.60 bits per heavy atom. The molecule has 0 aliphatic rings. The average Bonchev–Trinajstić information content (AvgIpc) is 2.91. The van der Waals surface area contributed by atoms with Crippen LogP contribution in [-0.4, -0.2) is 10.1 Å². The zero-order valence-corrected chi connectivity index (χ0v) is 11.7. The molecule has 0 amide bonds. The molecular weight excluding hydrogens is 297 g/mol. The first-order valence-electron chi connectivity index (χ1n) is 5.79. The highest BCUT2D eigenvalue weighted by Crippen LogP contribution is 2.31. The number of aromatic nitrogens is 2. The minimum Gasteiger partial charge on any atom is -0.398 e. The minimum atomic E-state index is 0.342. The quantitative estimate of drug-likeness (QED) is 0.717. The van der Waals surface area contributed by atoms with Crippen molar-refractivity contribution < 1.29 is 4.52 Å². The molecule has 20 heavy (non-hydrogen) atoms. The highest BCUT2D eigenvalue weighted by atomic mass is 35.5. The summed E-state index contributed by atoms with van der Waals surface area (Å²) in [5.74, 6) is 0.713. The fourth-order valence-electron chi connectivity index (χ4n) is 1.80. The van der Waals surface area contributed by atoms with Gasteiger partial charge in [0.1, 0.15) is 0 Å². The number of halogens is 2. The largest absolute Gasteiger partial charge is 0.398 e. The molecule has 0 bridgehead atoms. The maximum Gasteiger partial charge on any atom is 0.260 e. The third kappa shape index (κ3) is 2.35. The molecule has 2 N–H and O–H groups in total. The minimum absolute atomic E-state index is 0.342. The number of nitrogen functional groups attached to an aromatic ring is 1. The highest BCUT2D eigenvalue weighted by molar-refractivity contribution is 6.35. The average molecular weight is 306 g/mol. The lowest BCUT2D eigenvalue weighted by Gasteiger charge is -1.99. The van der Waals surface area contributed by atoms with E-state index in [4.69, 9.17) is 33.5 Å². The lowest BCUT2D eigenvalue weighted by Crippen LogP contribution is -1.89. The van der Waals surface area contributed by atoms with Crippen LogP contribution in [0.4, 0.5) is 5.69 Å². The number of anilines is 1. The molecule has 1 heterocycles. The van der Waals surface area contributed by atoms with Crippen molar-refractivity contribution in [1.29, 1.82) is 0 Å². The van der Waals surface area contributed by atoms with Gasteiger partial charge in [-0.2, -0.15) is 4.98 Å². The van der Waals surface area contributed by atoms with E-state index in [-0.39, 0.29) is 0 Å². The second-order valence-corrected chi connectivity index (χ2v) is 4.98. The fraction of sp³-hybridized carbons (Fsp3) is 0. The first-order chi connectivity index (χ1) is 9.65. The van der Waals surface area contributed by atoms with Gasteiger partial charge in [-0.15, -0.1) is 0 Å². The Balaban J connectivity index is 2.07. The molecule has 0 unspecified atom stereocenters. The van der Waals surface area contributed by atoms with E-state index in [9.17, 15) is 0 Å². The monoisotopic (exact) mass is 305 g/mol. The molecule has 3 aromatic rings. The number of nitrogens with two attached hydrogens (primary N) is 1. The molecule has 4 nitrogen and oxygen atoms in total. The molecule has 0 fully saturated rings. The standard InChI is InChI=1S/C14H9Cl2N3O/c15-8-5-6-11(16)10(7-8)13-18-14(20-19-13)9-3-1-2-4-12(9)17/h1-7H,17H2. The number of benzene rings is 2. The van der Waals surface area contributed by atoms with Gasteiger partial charge >= 0.3 is 0 Å². The number of nitrogens with zero attached hydrogens (tertiary/aromatic N) is 2. The van der Waals surface area contributed by atoms with Crippen LogP contribution in [0.25, 0.3) is 22.8 Å². The van der Waals surface area contributed by atoms with Crippen LogP contribution in [0.15, 0.2) is 47.0 Å². The van der Waals surface area contributed by atoms with Gasteiger partial charge in [0.05, 0.1) is 10.6 Å². The van der Waals surface area contributed by atoms with Crippen LogP contribution in [0, 0.1) is 0 Å². The Bertz CT molecular complexity index is 771. The molecule has 0 saturated carbocycles. The van der Waals surface area contributed by atoms with E-state index in [0.717, 1.165) is 0 Å². The van der Waals surface area contributed by atoms with Gasteiger partial charge in [-0.25, -0.2) is 0 Å². The van der Waals surface area contributed by atoms with Gasteiger partial charge in [0.2, 0.25) is 5.82 Å².